The molecule has 0 saturated carbocycles. The molecule has 7 heteroatoms. The van der Waals surface area contributed by atoms with Crippen LogP contribution in [0.4, 0.5) is 0 Å². The molecule has 1 aromatic heterocycles. The molecule has 24 heavy (non-hydrogen) atoms. The van der Waals surface area contributed by atoms with Crippen molar-refractivity contribution in [1.82, 2.24) is 10.6 Å². The highest BCUT2D eigenvalue weighted by Crippen LogP contribution is 2.19. The van der Waals surface area contributed by atoms with E-state index in [0.29, 0.717) is 17.9 Å². The van der Waals surface area contributed by atoms with Gasteiger partial charge in [-0.2, -0.15) is 0 Å². The molecule has 0 aliphatic rings. The maximum atomic E-state index is 11.8. The van der Waals surface area contributed by atoms with Gasteiger partial charge in [0.25, 0.3) is 5.91 Å². The van der Waals surface area contributed by atoms with E-state index in [1.807, 2.05) is 6.92 Å². The van der Waals surface area contributed by atoms with Crippen LogP contribution in [0.3, 0.4) is 0 Å². The molecular weight excluding hydrogens is 312 g/mol. The Morgan fingerprint density at radius 3 is 2.75 bits per heavy atom. The maximum Gasteiger partial charge on any atom is 0.336 e. The third kappa shape index (κ3) is 4.84. The van der Waals surface area contributed by atoms with Crippen LogP contribution in [0, 0.1) is 0 Å². The van der Waals surface area contributed by atoms with Gasteiger partial charge in [0.1, 0.15) is 17.4 Å². The van der Waals surface area contributed by atoms with Crippen molar-refractivity contribution in [3.63, 3.8) is 0 Å². The van der Waals surface area contributed by atoms with Crippen LogP contribution in [0.2, 0.25) is 0 Å². The number of benzene rings is 1. The van der Waals surface area contributed by atoms with Crippen LogP contribution in [0.15, 0.2) is 39.5 Å². The van der Waals surface area contributed by atoms with E-state index in [0.717, 1.165) is 11.8 Å². The summed E-state index contributed by atoms with van der Waals surface area (Å²) < 4.78 is 10.4. The molecule has 1 heterocycles. The molecule has 0 saturated heterocycles. The zero-order chi connectivity index (χ0) is 17.5. The van der Waals surface area contributed by atoms with Crippen LogP contribution in [-0.4, -0.2) is 31.0 Å². The van der Waals surface area contributed by atoms with Gasteiger partial charge < -0.3 is 19.8 Å². The fourth-order valence-electron chi connectivity index (χ4n) is 2.03. The Morgan fingerprint density at radius 2 is 2.00 bits per heavy atom. The van der Waals surface area contributed by atoms with Gasteiger partial charge in [-0.3, -0.25) is 9.59 Å². The van der Waals surface area contributed by atoms with Gasteiger partial charge in [-0.15, -0.1) is 0 Å². The fourth-order valence-corrected chi connectivity index (χ4v) is 2.03. The van der Waals surface area contributed by atoms with Crippen molar-refractivity contribution in [1.29, 1.82) is 0 Å². The Labute approximate surface area is 139 Å². The van der Waals surface area contributed by atoms with Crippen molar-refractivity contribution >= 4 is 22.8 Å². The lowest BCUT2D eigenvalue weighted by Gasteiger charge is -2.14. The predicted molar refractivity (Wildman–Crippen MR) is 88.9 cm³/mol. The molecule has 0 bridgehead atoms. The lowest BCUT2D eigenvalue weighted by molar-refractivity contribution is -0.129. The quantitative estimate of drug-likeness (QED) is 0.743. The van der Waals surface area contributed by atoms with Crippen molar-refractivity contribution in [2.24, 2.45) is 0 Å². The number of carbonyl (C=O) groups is 2. The minimum absolute atomic E-state index is 0.238. The molecule has 2 rings (SSSR count). The van der Waals surface area contributed by atoms with E-state index >= 15 is 0 Å². The Hall–Kier alpha value is -2.83. The van der Waals surface area contributed by atoms with Crippen LogP contribution < -0.4 is 21.0 Å². The van der Waals surface area contributed by atoms with Crippen molar-refractivity contribution in [2.75, 3.05) is 13.2 Å². The second-order valence-electron chi connectivity index (χ2n) is 5.32. The SMILES string of the molecule is CCCNC(=O)[C@H](C)NC(=O)COc1ccc2ccc(=O)oc2c1. The average Bonchev–Trinajstić information content (AvgIpc) is 2.57. The molecule has 0 aliphatic heterocycles. The molecule has 128 valence electrons. The lowest BCUT2D eigenvalue weighted by atomic mass is 10.2. The molecule has 0 aliphatic carbocycles. The zero-order valence-corrected chi connectivity index (χ0v) is 13.6. The fraction of sp³-hybridized carbons (Fsp3) is 0.353. The standard InChI is InChI=1S/C17H20N2O5/c1-3-8-18-17(22)11(2)19-15(20)10-23-13-6-4-12-5-7-16(21)24-14(12)9-13/h4-7,9,11H,3,8,10H2,1-2H3,(H,18,22)(H,19,20)/t11-/m0/s1. The van der Waals surface area contributed by atoms with Crippen molar-refractivity contribution in [2.45, 2.75) is 26.3 Å². The number of nitrogens with one attached hydrogen (secondary N) is 2. The summed E-state index contributed by atoms with van der Waals surface area (Å²) in [5, 5.41) is 6.01. The van der Waals surface area contributed by atoms with E-state index in [1.165, 1.54) is 6.07 Å². The summed E-state index contributed by atoms with van der Waals surface area (Å²) in [6.45, 7) is 3.88. The molecule has 2 amide bonds. The highest BCUT2D eigenvalue weighted by molar-refractivity contribution is 5.87. The van der Waals surface area contributed by atoms with E-state index in [4.69, 9.17) is 9.15 Å². The van der Waals surface area contributed by atoms with Gasteiger partial charge in [-0.1, -0.05) is 6.92 Å². The van der Waals surface area contributed by atoms with E-state index in [1.54, 1.807) is 31.2 Å². The minimum atomic E-state index is -0.637. The van der Waals surface area contributed by atoms with Crippen LogP contribution in [-0.2, 0) is 9.59 Å². The molecule has 7 nitrogen and oxygen atoms in total. The van der Waals surface area contributed by atoms with Crippen molar-refractivity contribution in [3.8, 4) is 5.75 Å². The molecule has 1 atom stereocenters. The van der Waals surface area contributed by atoms with Gasteiger partial charge in [-0.05, 0) is 31.5 Å². The van der Waals surface area contributed by atoms with E-state index in [-0.39, 0.29) is 12.5 Å². The number of ether oxygens (including phenoxy) is 1. The van der Waals surface area contributed by atoms with Crippen molar-refractivity contribution in [3.05, 3.63) is 40.8 Å². The normalized spacial score (nSPS) is 11.8. The number of amides is 2. The molecular formula is C17H20N2O5. The average molecular weight is 332 g/mol. The maximum absolute atomic E-state index is 11.8. The molecule has 0 unspecified atom stereocenters. The van der Waals surface area contributed by atoms with Gasteiger partial charge in [0, 0.05) is 24.1 Å². The topological polar surface area (TPSA) is 97.6 Å². The third-order valence-electron chi connectivity index (χ3n) is 3.28. The molecule has 0 spiro atoms. The van der Waals surface area contributed by atoms with Gasteiger partial charge in [0.15, 0.2) is 6.61 Å². The third-order valence-corrected chi connectivity index (χ3v) is 3.28. The Balaban J connectivity index is 1.89. The number of hydrogen-bond acceptors (Lipinski definition) is 5. The van der Waals surface area contributed by atoms with Gasteiger partial charge in [0.05, 0.1) is 0 Å². The van der Waals surface area contributed by atoms with Crippen LogP contribution in [0.25, 0.3) is 11.0 Å². The Kier molecular flexibility index (Phi) is 5.95. The number of carbonyl (C=O) groups excluding carboxylic acids is 2. The van der Waals surface area contributed by atoms with Crippen molar-refractivity contribution < 1.29 is 18.7 Å². The van der Waals surface area contributed by atoms with Crippen LogP contribution in [0.5, 0.6) is 5.75 Å². The summed E-state index contributed by atoms with van der Waals surface area (Å²) in [6, 6.07) is 7.29. The number of fused-ring (bicyclic) bond motifs is 1. The van der Waals surface area contributed by atoms with Crippen LogP contribution >= 0.6 is 0 Å². The predicted octanol–water partition coefficient (Wildman–Crippen LogP) is 1.20. The Bertz CT molecular complexity index is 784. The number of hydrogen-bond donors (Lipinski definition) is 2. The first-order valence-corrected chi connectivity index (χ1v) is 7.73. The monoisotopic (exact) mass is 332 g/mol. The van der Waals surface area contributed by atoms with Gasteiger partial charge in [0.2, 0.25) is 5.91 Å². The highest BCUT2D eigenvalue weighted by atomic mass is 16.5. The minimum Gasteiger partial charge on any atom is -0.484 e. The first-order valence-electron chi connectivity index (χ1n) is 7.73. The molecule has 0 fully saturated rings. The van der Waals surface area contributed by atoms with E-state index in [2.05, 4.69) is 10.6 Å². The molecule has 2 N–H and O–H groups in total. The molecule has 0 radical (unpaired) electrons. The largest absolute Gasteiger partial charge is 0.484 e. The Morgan fingerprint density at radius 1 is 1.25 bits per heavy atom. The lowest BCUT2D eigenvalue weighted by Crippen LogP contribution is -2.46. The zero-order valence-electron chi connectivity index (χ0n) is 13.6. The first-order chi connectivity index (χ1) is 11.5. The smallest absolute Gasteiger partial charge is 0.336 e. The summed E-state index contributed by atoms with van der Waals surface area (Å²) in [5.74, 6) is -0.253. The highest BCUT2D eigenvalue weighted by Gasteiger charge is 2.15. The summed E-state index contributed by atoms with van der Waals surface area (Å²) >= 11 is 0. The second-order valence-corrected chi connectivity index (χ2v) is 5.32. The summed E-state index contributed by atoms with van der Waals surface area (Å²) in [6.07, 6.45) is 0.827. The summed E-state index contributed by atoms with van der Waals surface area (Å²) in [5.41, 5.74) is -0.0722. The van der Waals surface area contributed by atoms with Gasteiger partial charge in [-0.25, -0.2) is 4.79 Å². The van der Waals surface area contributed by atoms with Gasteiger partial charge >= 0.3 is 5.63 Å². The second kappa shape index (κ2) is 8.14. The molecule has 1 aromatic carbocycles. The number of rotatable bonds is 7. The summed E-state index contributed by atoms with van der Waals surface area (Å²) in [4.78, 5) is 34.7. The van der Waals surface area contributed by atoms with E-state index < -0.39 is 17.6 Å². The summed E-state index contributed by atoms with van der Waals surface area (Å²) in [7, 11) is 0. The molecule has 2 aromatic rings. The first kappa shape index (κ1) is 17.5. The van der Waals surface area contributed by atoms with E-state index in [9.17, 15) is 14.4 Å². The van der Waals surface area contributed by atoms with Crippen LogP contribution in [0.1, 0.15) is 20.3 Å².